The molecule has 0 atom stereocenters. The van der Waals surface area contributed by atoms with Crippen molar-refractivity contribution in [3.63, 3.8) is 0 Å². The van der Waals surface area contributed by atoms with Crippen LogP contribution in [0.3, 0.4) is 0 Å². The van der Waals surface area contributed by atoms with Crippen molar-refractivity contribution in [3.05, 3.63) is 53.0 Å². The maximum absolute atomic E-state index is 5.82. The second-order valence-electron chi connectivity index (χ2n) is 5.27. The van der Waals surface area contributed by atoms with Crippen LogP contribution in [-0.4, -0.2) is 6.54 Å². The molecule has 3 heteroatoms. The van der Waals surface area contributed by atoms with Crippen molar-refractivity contribution in [2.24, 2.45) is 0 Å². The van der Waals surface area contributed by atoms with Crippen molar-refractivity contribution in [2.45, 2.75) is 39.3 Å². The highest BCUT2D eigenvalue weighted by Gasteiger charge is 2.11. The molecule has 0 unspecified atom stereocenters. The Balaban J connectivity index is 1.57. The summed E-state index contributed by atoms with van der Waals surface area (Å²) in [5, 5.41) is 3.28. The molecule has 1 aliphatic carbocycles. The second kappa shape index (κ2) is 6.14. The van der Waals surface area contributed by atoms with E-state index in [2.05, 4.69) is 36.5 Å². The van der Waals surface area contributed by atoms with Gasteiger partial charge >= 0.3 is 0 Å². The minimum atomic E-state index is 0.491. The van der Waals surface area contributed by atoms with Gasteiger partial charge in [0, 0.05) is 12.1 Å². The molecule has 3 nitrogen and oxygen atoms in total. The Hall–Kier alpha value is -1.74. The third-order valence-electron chi connectivity index (χ3n) is 3.74. The molecule has 0 saturated heterocycles. The summed E-state index contributed by atoms with van der Waals surface area (Å²) in [7, 11) is 0. The average Bonchev–Trinajstić information content (AvgIpc) is 3.11. The van der Waals surface area contributed by atoms with Gasteiger partial charge in [-0.25, -0.2) is 0 Å². The number of aryl methyl sites for hydroxylation is 2. The topological polar surface area (TPSA) is 34.4 Å². The summed E-state index contributed by atoms with van der Waals surface area (Å²) in [6.07, 6.45) is 5.45. The molecule has 0 bridgehead atoms. The molecule has 106 valence electrons. The van der Waals surface area contributed by atoms with E-state index in [9.17, 15) is 0 Å². The molecular weight excluding hydrogens is 250 g/mol. The molecule has 1 aromatic heterocycles. The third-order valence-corrected chi connectivity index (χ3v) is 3.74. The molecule has 3 rings (SSSR count). The highest BCUT2D eigenvalue weighted by atomic mass is 16.5. The summed E-state index contributed by atoms with van der Waals surface area (Å²) < 4.78 is 11.3. The van der Waals surface area contributed by atoms with E-state index in [-0.39, 0.29) is 0 Å². The monoisotopic (exact) mass is 271 g/mol. The van der Waals surface area contributed by atoms with Gasteiger partial charge in [0.15, 0.2) is 0 Å². The summed E-state index contributed by atoms with van der Waals surface area (Å²) in [6.45, 7) is 4.40. The van der Waals surface area contributed by atoms with Gasteiger partial charge in [-0.1, -0.05) is 13.0 Å². The van der Waals surface area contributed by atoms with Gasteiger partial charge in [0.2, 0.25) is 0 Å². The van der Waals surface area contributed by atoms with E-state index >= 15 is 0 Å². The van der Waals surface area contributed by atoms with Gasteiger partial charge < -0.3 is 14.5 Å². The molecule has 1 aromatic carbocycles. The van der Waals surface area contributed by atoms with Gasteiger partial charge in [0.1, 0.15) is 18.1 Å². The Morgan fingerprint density at radius 3 is 3.00 bits per heavy atom. The summed E-state index contributed by atoms with van der Waals surface area (Å²) in [5.41, 5.74) is 4.08. The second-order valence-corrected chi connectivity index (χ2v) is 5.27. The predicted octanol–water partition coefficient (Wildman–Crippen LogP) is 3.46. The fraction of sp³-hybridized carbons (Fsp3) is 0.412. The normalized spacial score (nSPS) is 13.4. The smallest absolute Gasteiger partial charge is 0.146 e. The molecule has 2 aromatic rings. The van der Waals surface area contributed by atoms with Crippen LogP contribution in [0.15, 0.2) is 34.9 Å². The lowest BCUT2D eigenvalue weighted by atomic mass is 10.1. The van der Waals surface area contributed by atoms with Gasteiger partial charge in [0.05, 0.1) is 6.26 Å². The summed E-state index contributed by atoms with van der Waals surface area (Å²) in [4.78, 5) is 0. The predicted molar refractivity (Wildman–Crippen MR) is 78.9 cm³/mol. The van der Waals surface area contributed by atoms with E-state index in [0.29, 0.717) is 6.61 Å². The minimum Gasteiger partial charge on any atom is -0.486 e. The lowest BCUT2D eigenvalue weighted by molar-refractivity contribution is 0.270. The van der Waals surface area contributed by atoms with Gasteiger partial charge in [-0.2, -0.15) is 0 Å². The Morgan fingerprint density at radius 2 is 2.10 bits per heavy atom. The molecule has 1 aliphatic rings. The number of furan rings is 1. The zero-order valence-electron chi connectivity index (χ0n) is 11.9. The van der Waals surface area contributed by atoms with Crippen LogP contribution in [0.2, 0.25) is 0 Å². The van der Waals surface area contributed by atoms with Gasteiger partial charge in [-0.15, -0.1) is 0 Å². The van der Waals surface area contributed by atoms with Crippen LogP contribution in [0.1, 0.15) is 35.8 Å². The molecule has 1 N–H and O–H groups in total. The summed E-state index contributed by atoms with van der Waals surface area (Å²) in [5.74, 6) is 1.81. The highest BCUT2D eigenvalue weighted by molar-refractivity contribution is 5.38. The molecule has 0 aliphatic heterocycles. The molecule has 0 fully saturated rings. The Morgan fingerprint density at radius 1 is 1.20 bits per heavy atom. The average molecular weight is 271 g/mol. The van der Waals surface area contributed by atoms with Crippen molar-refractivity contribution in [1.29, 1.82) is 0 Å². The van der Waals surface area contributed by atoms with E-state index < -0.39 is 0 Å². The van der Waals surface area contributed by atoms with Crippen molar-refractivity contribution in [1.82, 2.24) is 5.32 Å². The van der Waals surface area contributed by atoms with Crippen molar-refractivity contribution in [2.75, 3.05) is 6.54 Å². The number of rotatable bonds is 6. The van der Waals surface area contributed by atoms with Crippen LogP contribution in [0, 0.1) is 0 Å². The zero-order chi connectivity index (χ0) is 13.8. The van der Waals surface area contributed by atoms with Crippen LogP contribution in [0.4, 0.5) is 0 Å². The minimum absolute atomic E-state index is 0.491. The fourth-order valence-corrected chi connectivity index (χ4v) is 2.66. The first-order valence-electron chi connectivity index (χ1n) is 7.37. The van der Waals surface area contributed by atoms with Crippen LogP contribution >= 0.6 is 0 Å². The molecule has 1 heterocycles. The first-order valence-corrected chi connectivity index (χ1v) is 7.37. The largest absolute Gasteiger partial charge is 0.486 e. The Bertz CT molecular complexity index is 574. The maximum Gasteiger partial charge on any atom is 0.146 e. The van der Waals surface area contributed by atoms with E-state index in [4.69, 9.17) is 9.15 Å². The van der Waals surface area contributed by atoms with Crippen LogP contribution in [0.5, 0.6) is 5.75 Å². The lowest BCUT2D eigenvalue weighted by Crippen LogP contribution is -2.10. The zero-order valence-corrected chi connectivity index (χ0v) is 11.9. The van der Waals surface area contributed by atoms with Gasteiger partial charge in [0.25, 0.3) is 0 Å². The van der Waals surface area contributed by atoms with Crippen LogP contribution in [-0.2, 0) is 26.0 Å². The van der Waals surface area contributed by atoms with Crippen molar-refractivity contribution >= 4 is 0 Å². The lowest BCUT2D eigenvalue weighted by Gasteiger charge is -2.06. The first kappa shape index (κ1) is 13.3. The molecule has 0 radical (unpaired) electrons. The summed E-state index contributed by atoms with van der Waals surface area (Å²) in [6, 6.07) is 8.48. The highest BCUT2D eigenvalue weighted by Crippen LogP contribution is 2.26. The number of ether oxygens (including phenoxy) is 1. The number of fused-ring (bicyclic) bond motifs is 1. The standard InChI is InChI=1S/C17H21NO2/c1-2-18-10-13-8-17(19-11-13)12-20-16-7-6-14-4-3-5-15(14)9-16/h6-9,11,18H,2-5,10,12H2,1H3. The van der Waals surface area contributed by atoms with E-state index in [0.717, 1.165) is 24.6 Å². The number of nitrogens with one attached hydrogen (secondary N) is 1. The van der Waals surface area contributed by atoms with Gasteiger partial charge in [-0.05, 0) is 55.1 Å². The molecular formula is C17H21NO2. The maximum atomic E-state index is 5.82. The number of benzene rings is 1. The van der Waals surface area contributed by atoms with E-state index in [1.54, 1.807) is 6.26 Å². The fourth-order valence-electron chi connectivity index (χ4n) is 2.66. The van der Waals surface area contributed by atoms with Crippen molar-refractivity contribution < 1.29 is 9.15 Å². The molecule has 0 saturated carbocycles. The molecule has 20 heavy (non-hydrogen) atoms. The Labute approximate surface area is 119 Å². The van der Waals surface area contributed by atoms with E-state index in [1.165, 1.54) is 36.0 Å². The molecule has 0 amide bonds. The quantitative estimate of drug-likeness (QED) is 0.873. The SMILES string of the molecule is CCNCc1coc(COc2ccc3c(c2)CCC3)c1. The molecule has 0 spiro atoms. The van der Waals surface area contributed by atoms with Crippen molar-refractivity contribution in [3.8, 4) is 5.75 Å². The van der Waals surface area contributed by atoms with Crippen LogP contribution in [0.25, 0.3) is 0 Å². The Kier molecular flexibility index (Phi) is 4.07. The van der Waals surface area contributed by atoms with Gasteiger partial charge in [-0.3, -0.25) is 0 Å². The van der Waals surface area contributed by atoms with E-state index in [1.807, 2.05) is 0 Å². The number of hydrogen-bond acceptors (Lipinski definition) is 3. The third kappa shape index (κ3) is 3.05. The summed E-state index contributed by atoms with van der Waals surface area (Å²) >= 11 is 0. The van der Waals surface area contributed by atoms with Crippen LogP contribution < -0.4 is 10.1 Å². The first-order chi connectivity index (χ1) is 9.85. The number of hydrogen-bond donors (Lipinski definition) is 1.